The van der Waals surface area contributed by atoms with Gasteiger partial charge in [-0.15, -0.1) is 0 Å². The monoisotopic (exact) mass is 405 g/mol. The van der Waals surface area contributed by atoms with Crippen LogP contribution >= 0.6 is 0 Å². The first-order chi connectivity index (χ1) is 14.7. The molecule has 0 spiro atoms. The summed E-state index contributed by atoms with van der Waals surface area (Å²) in [5, 5.41) is 0. The molecule has 6 heteroatoms. The van der Waals surface area contributed by atoms with Crippen LogP contribution in [0.3, 0.4) is 0 Å². The molecule has 3 aromatic carbocycles. The highest BCUT2D eigenvalue weighted by Gasteiger charge is 2.19. The molecule has 1 heterocycles. The summed E-state index contributed by atoms with van der Waals surface area (Å²) in [4.78, 5) is 14.7. The highest BCUT2D eigenvalue weighted by Crippen LogP contribution is 2.33. The molecule has 6 nitrogen and oxygen atoms in total. The quantitative estimate of drug-likeness (QED) is 0.527. The van der Waals surface area contributed by atoms with Crippen molar-refractivity contribution in [2.24, 2.45) is 0 Å². The molecule has 0 unspecified atom stereocenters. The molecule has 0 fully saturated rings. The van der Waals surface area contributed by atoms with E-state index in [9.17, 15) is 4.79 Å². The van der Waals surface area contributed by atoms with E-state index in [2.05, 4.69) is 0 Å². The molecule has 30 heavy (non-hydrogen) atoms. The Labute approximate surface area is 175 Å². The minimum Gasteiger partial charge on any atom is -0.490 e. The zero-order chi connectivity index (χ0) is 20.8. The number of amides is 1. The van der Waals surface area contributed by atoms with Crippen molar-refractivity contribution in [2.45, 2.75) is 6.54 Å². The molecule has 0 radical (unpaired) electrons. The molecule has 0 saturated heterocycles. The first-order valence-corrected chi connectivity index (χ1v) is 9.74. The van der Waals surface area contributed by atoms with Gasteiger partial charge in [0.1, 0.15) is 24.7 Å². The Hall–Kier alpha value is -3.67. The van der Waals surface area contributed by atoms with Crippen LogP contribution in [0.4, 0.5) is 0 Å². The molecule has 0 aromatic heterocycles. The topological polar surface area (TPSA) is 57.2 Å². The van der Waals surface area contributed by atoms with E-state index in [-0.39, 0.29) is 12.7 Å². The van der Waals surface area contributed by atoms with Crippen LogP contribution in [0.25, 0.3) is 0 Å². The van der Waals surface area contributed by atoms with Gasteiger partial charge in [-0.25, -0.2) is 0 Å². The van der Waals surface area contributed by atoms with Gasteiger partial charge in [-0.2, -0.15) is 0 Å². The van der Waals surface area contributed by atoms with Gasteiger partial charge in [0.15, 0.2) is 11.5 Å². The Morgan fingerprint density at radius 2 is 1.63 bits per heavy atom. The van der Waals surface area contributed by atoms with Gasteiger partial charge >= 0.3 is 0 Å². The summed E-state index contributed by atoms with van der Waals surface area (Å²) in [7, 11) is 1.77. The van der Waals surface area contributed by atoms with E-state index >= 15 is 0 Å². The lowest BCUT2D eigenvalue weighted by molar-refractivity contribution is 0.0779. The number of para-hydroxylation sites is 2. The van der Waals surface area contributed by atoms with Crippen molar-refractivity contribution in [3.05, 3.63) is 83.9 Å². The largest absolute Gasteiger partial charge is 0.490 e. The van der Waals surface area contributed by atoms with E-state index in [0.717, 1.165) is 17.1 Å². The summed E-state index contributed by atoms with van der Waals surface area (Å²) in [6.07, 6.45) is 0. The Balaban J connectivity index is 1.36. The third-order valence-corrected chi connectivity index (χ3v) is 4.67. The van der Waals surface area contributed by atoms with Crippen molar-refractivity contribution in [3.63, 3.8) is 0 Å². The Morgan fingerprint density at radius 3 is 2.50 bits per heavy atom. The second-order valence-corrected chi connectivity index (χ2v) is 6.85. The fourth-order valence-corrected chi connectivity index (χ4v) is 3.19. The molecular formula is C24H23NO5. The zero-order valence-electron chi connectivity index (χ0n) is 16.7. The van der Waals surface area contributed by atoms with Crippen LogP contribution < -0.4 is 18.9 Å². The molecule has 1 aliphatic rings. The summed E-state index contributed by atoms with van der Waals surface area (Å²) in [5.74, 6) is 2.64. The van der Waals surface area contributed by atoms with Crippen molar-refractivity contribution >= 4 is 5.91 Å². The number of carbonyl (C=O) groups is 1. The highest BCUT2D eigenvalue weighted by molar-refractivity contribution is 5.96. The molecule has 0 N–H and O–H groups in total. The van der Waals surface area contributed by atoms with Crippen LogP contribution in [0.2, 0.25) is 0 Å². The number of rotatable bonds is 8. The SMILES string of the molecule is CN(Cc1ccc2c(c1)OCO2)C(=O)c1ccccc1OCCOc1ccccc1. The van der Waals surface area contributed by atoms with Crippen LogP contribution in [-0.2, 0) is 6.54 Å². The maximum absolute atomic E-state index is 13.0. The minimum atomic E-state index is -0.118. The lowest BCUT2D eigenvalue weighted by Crippen LogP contribution is -2.27. The van der Waals surface area contributed by atoms with E-state index in [1.54, 1.807) is 24.1 Å². The second-order valence-electron chi connectivity index (χ2n) is 6.85. The molecule has 154 valence electrons. The Morgan fingerprint density at radius 1 is 0.900 bits per heavy atom. The summed E-state index contributed by atoms with van der Waals surface area (Å²) in [5.41, 5.74) is 1.48. The van der Waals surface area contributed by atoms with E-state index in [1.165, 1.54) is 0 Å². The molecule has 3 aromatic rings. The third kappa shape index (κ3) is 4.66. The summed E-state index contributed by atoms with van der Waals surface area (Å²) in [6, 6.07) is 22.5. The lowest BCUT2D eigenvalue weighted by atomic mass is 10.1. The Bertz CT molecular complexity index is 1010. The van der Waals surface area contributed by atoms with Gasteiger partial charge in [0.25, 0.3) is 5.91 Å². The average Bonchev–Trinajstić information content (AvgIpc) is 3.25. The van der Waals surface area contributed by atoms with Crippen LogP contribution in [0, 0.1) is 0 Å². The number of carbonyl (C=O) groups excluding carboxylic acids is 1. The van der Waals surface area contributed by atoms with E-state index < -0.39 is 0 Å². The third-order valence-electron chi connectivity index (χ3n) is 4.67. The van der Waals surface area contributed by atoms with Crippen LogP contribution in [0.1, 0.15) is 15.9 Å². The maximum atomic E-state index is 13.0. The summed E-state index contributed by atoms with van der Waals surface area (Å²) in [6.45, 7) is 1.40. The van der Waals surface area contributed by atoms with Gasteiger partial charge in [0.2, 0.25) is 6.79 Å². The van der Waals surface area contributed by atoms with Crippen LogP contribution in [-0.4, -0.2) is 37.9 Å². The van der Waals surface area contributed by atoms with Gasteiger partial charge in [0, 0.05) is 13.6 Å². The zero-order valence-corrected chi connectivity index (χ0v) is 16.7. The van der Waals surface area contributed by atoms with Crippen molar-refractivity contribution in [1.29, 1.82) is 0 Å². The van der Waals surface area contributed by atoms with Gasteiger partial charge in [0.05, 0.1) is 5.56 Å². The van der Waals surface area contributed by atoms with Crippen LogP contribution in [0.15, 0.2) is 72.8 Å². The van der Waals surface area contributed by atoms with E-state index in [4.69, 9.17) is 18.9 Å². The van der Waals surface area contributed by atoms with Gasteiger partial charge < -0.3 is 23.8 Å². The van der Waals surface area contributed by atoms with Crippen molar-refractivity contribution in [2.75, 3.05) is 27.1 Å². The smallest absolute Gasteiger partial charge is 0.257 e. The maximum Gasteiger partial charge on any atom is 0.257 e. The number of nitrogens with zero attached hydrogens (tertiary/aromatic N) is 1. The van der Waals surface area contributed by atoms with Crippen molar-refractivity contribution in [1.82, 2.24) is 4.90 Å². The molecular weight excluding hydrogens is 382 g/mol. The minimum absolute atomic E-state index is 0.118. The average molecular weight is 405 g/mol. The first-order valence-electron chi connectivity index (χ1n) is 9.74. The number of fused-ring (bicyclic) bond motifs is 1. The van der Waals surface area contributed by atoms with E-state index in [0.29, 0.717) is 36.8 Å². The normalized spacial score (nSPS) is 11.8. The lowest BCUT2D eigenvalue weighted by Gasteiger charge is -2.19. The molecule has 0 saturated carbocycles. The summed E-state index contributed by atoms with van der Waals surface area (Å²) < 4.78 is 22.2. The number of hydrogen-bond donors (Lipinski definition) is 0. The Kier molecular flexibility index (Phi) is 6.03. The number of benzene rings is 3. The molecule has 1 aliphatic heterocycles. The predicted octanol–water partition coefficient (Wildman–Crippen LogP) is 4.15. The second kappa shape index (κ2) is 9.22. The number of hydrogen-bond acceptors (Lipinski definition) is 5. The van der Waals surface area contributed by atoms with Crippen LogP contribution in [0.5, 0.6) is 23.0 Å². The fourth-order valence-electron chi connectivity index (χ4n) is 3.19. The summed E-state index contributed by atoms with van der Waals surface area (Å²) >= 11 is 0. The van der Waals surface area contributed by atoms with Gasteiger partial charge in [-0.05, 0) is 42.0 Å². The predicted molar refractivity (Wildman–Crippen MR) is 112 cm³/mol. The standard InChI is InChI=1S/C24H23NO5/c1-25(16-18-11-12-22-23(15-18)30-17-29-22)24(26)20-9-5-6-10-21(20)28-14-13-27-19-7-3-2-4-8-19/h2-12,15H,13-14,16-17H2,1H3. The van der Waals surface area contributed by atoms with E-state index in [1.807, 2.05) is 60.7 Å². The molecule has 1 amide bonds. The fraction of sp³-hybridized carbons (Fsp3) is 0.208. The van der Waals surface area contributed by atoms with Crippen molar-refractivity contribution in [3.8, 4) is 23.0 Å². The number of ether oxygens (including phenoxy) is 4. The molecule has 0 atom stereocenters. The van der Waals surface area contributed by atoms with Gasteiger partial charge in [-0.1, -0.05) is 36.4 Å². The molecule has 4 rings (SSSR count). The molecule has 0 aliphatic carbocycles. The highest BCUT2D eigenvalue weighted by atomic mass is 16.7. The van der Waals surface area contributed by atoms with Crippen molar-refractivity contribution < 1.29 is 23.7 Å². The first kappa shape index (κ1) is 19.6. The van der Waals surface area contributed by atoms with Gasteiger partial charge in [-0.3, -0.25) is 4.79 Å². The molecule has 0 bridgehead atoms.